The molecule has 0 spiro atoms. The standard InChI is InChI=1S/C31H31F3N2O7/c1-30(28(37)38,43-25-11-12-26-27(15-25)42-19-41-26)16-20-5-9-24(10-6-20)40-14-13-23-18-36(29(39)35(23)2)17-21-3-7-22(8-4-21)31(32,33)34/h3-12,15,23H,13-14,16-19H2,1-2H3,(H,37,38). The molecule has 0 bridgehead atoms. The van der Waals surface area contributed by atoms with Crippen molar-refractivity contribution in [3.8, 4) is 23.0 Å². The molecule has 0 aliphatic carbocycles. The maximum Gasteiger partial charge on any atom is 0.416 e. The zero-order chi connectivity index (χ0) is 30.8. The van der Waals surface area contributed by atoms with Crippen molar-refractivity contribution >= 4 is 12.0 Å². The Hall–Kier alpha value is -4.61. The largest absolute Gasteiger partial charge is 0.494 e. The van der Waals surface area contributed by atoms with Gasteiger partial charge >= 0.3 is 18.2 Å². The highest BCUT2D eigenvalue weighted by Crippen LogP contribution is 2.37. The second-order valence-electron chi connectivity index (χ2n) is 10.7. The highest BCUT2D eigenvalue weighted by atomic mass is 19.4. The number of halogens is 3. The molecule has 2 amide bonds. The molecule has 2 atom stereocenters. The van der Waals surface area contributed by atoms with E-state index in [9.17, 15) is 27.9 Å². The summed E-state index contributed by atoms with van der Waals surface area (Å²) in [5.74, 6) is 0.884. The van der Waals surface area contributed by atoms with E-state index in [-0.39, 0.29) is 31.8 Å². The maximum atomic E-state index is 12.8. The van der Waals surface area contributed by atoms with E-state index < -0.39 is 23.3 Å². The number of alkyl halides is 3. The van der Waals surface area contributed by atoms with E-state index in [0.717, 1.165) is 17.7 Å². The van der Waals surface area contributed by atoms with Gasteiger partial charge < -0.3 is 33.9 Å². The Labute approximate surface area is 246 Å². The zero-order valence-electron chi connectivity index (χ0n) is 23.6. The minimum absolute atomic E-state index is 0.0980. The normalized spacial score (nSPS) is 17.6. The van der Waals surface area contributed by atoms with Crippen LogP contribution in [0.2, 0.25) is 0 Å². The van der Waals surface area contributed by atoms with Crippen LogP contribution in [-0.4, -0.2) is 65.5 Å². The van der Waals surface area contributed by atoms with Crippen LogP contribution in [0.4, 0.5) is 18.0 Å². The number of aliphatic carboxylic acids is 1. The fraction of sp³-hybridized carbons (Fsp3) is 0.355. The summed E-state index contributed by atoms with van der Waals surface area (Å²) in [4.78, 5) is 28.1. The SMILES string of the molecule is CN1C(=O)N(Cc2ccc(C(F)(F)F)cc2)CC1CCOc1ccc(CC(C)(Oc2ccc3c(c2)OCO3)C(=O)O)cc1. The van der Waals surface area contributed by atoms with E-state index in [1.165, 1.54) is 19.1 Å². The molecular formula is C31H31F3N2O7. The van der Waals surface area contributed by atoms with Crippen molar-refractivity contribution in [3.63, 3.8) is 0 Å². The van der Waals surface area contributed by atoms with Crippen molar-refractivity contribution in [2.75, 3.05) is 27.0 Å². The molecule has 3 aromatic rings. The summed E-state index contributed by atoms with van der Waals surface area (Å²) in [6, 6.07) is 16.4. The molecule has 9 nitrogen and oxygen atoms in total. The first-order chi connectivity index (χ1) is 20.4. The lowest BCUT2D eigenvalue weighted by molar-refractivity contribution is -0.153. The summed E-state index contributed by atoms with van der Waals surface area (Å²) in [6.45, 7) is 2.58. The smallest absolute Gasteiger partial charge is 0.416 e. The monoisotopic (exact) mass is 600 g/mol. The summed E-state index contributed by atoms with van der Waals surface area (Å²) in [5.41, 5.74) is -0.915. The predicted molar refractivity (Wildman–Crippen MR) is 148 cm³/mol. The van der Waals surface area contributed by atoms with Gasteiger partial charge in [-0.05, 0) is 54.4 Å². The first kappa shape index (κ1) is 29.9. The van der Waals surface area contributed by atoms with E-state index >= 15 is 0 Å². The van der Waals surface area contributed by atoms with Gasteiger partial charge in [0.05, 0.1) is 18.2 Å². The Morgan fingerprint density at radius 3 is 2.30 bits per heavy atom. The summed E-state index contributed by atoms with van der Waals surface area (Å²) in [7, 11) is 1.69. The van der Waals surface area contributed by atoms with Gasteiger partial charge in [0.2, 0.25) is 12.4 Å². The van der Waals surface area contributed by atoms with E-state index in [1.807, 2.05) is 0 Å². The van der Waals surface area contributed by atoms with Crippen molar-refractivity contribution < 1.29 is 46.8 Å². The van der Waals surface area contributed by atoms with Crippen molar-refractivity contribution in [1.29, 1.82) is 0 Å². The molecule has 0 radical (unpaired) electrons. The third kappa shape index (κ3) is 6.90. The lowest BCUT2D eigenvalue weighted by atomic mass is 9.96. The topological polar surface area (TPSA) is 97.8 Å². The van der Waals surface area contributed by atoms with Gasteiger partial charge in [-0.25, -0.2) is 9.59 Å². The number of benzene rings is 3. The Balaban J connectivity index is 1.12. The predicted octanol–water partition coefficient (Wildman–Crippen LogP) is 5.60. The lowest BCUT2D eigenvalue weighted by Crippen LogP contribution is -2.43. The van der Waals surface area contributed by atoms with Crippen LogP contribution in [0.15, 0.2) is 66.7 Å². The van der Waals surface area contributed by atoms with Crippen molar-refractivity contribution in [3.05, 3.63) is 83.4 Å². The molecule has 2 aliphatic heterocycles. The Bertz CT molecular complexity index is 1460. The average Bonchev–Trinajstić information content (AvgIpc) is 3.53. The van der Waals surface area contributed by atoms with Crippen LogP contribution < -0.4 is 18.9 Å². The van der Waals surface area contributed by atoms with Gasteiger partial charge in [0.1, 0.15) is 11.5 Å². The molecule has 1 saturated heterocycles. The molecule has 2 unspecified atom stereocenters. The summed E-state index contributed by atoms with van der Waals surface area (Å²) >= 11 is 0. The van der Waals surface area contributed by atoms with Crippen LogP contribution in [-0.2, 0) is 23.9 Å². The molecule has 0 saturated carbocycles. The van der Waals surface area contributed by atoms with Crippen LogP contribution in [0, 0.1) is 0 Å². The number of carbonyl (C=O) groups excluding carboxylic acids is 1. The molecule has 12 heteroatoms. The second kappa shape index (κ2) is 11.9. The van der Waals surface area contributed by atoms with Gasteiger partial charge in [0.15, 0.2) is 11.5 Å². The van der Waals surface area contributed by atoms with E-state index in [2.05, 4.69) is 0 Å². The van der Waals surface area contributed by atoms with Crippen LogP contribution >= 0.6 is 0 Å². The van der Waals surface area contributed by atoms with Crippen molar-refractivity contribution in [2.24, 2.45) is 0 Å². The quantitative estimate of drug-likeness (QED) is 0.306. The minimum atomic E-state index is -4.41. The van der Waals surface area contributed by atoms with Crippen LogP contribution in [0.25, 0.3) is 0 Å². The van der Waals surface area contributed by atoms with Crippen LogP contribution in [0.5, 0.6) is 23.0 Å². The summed E-state index contributed by atoms with van der Waals surface area (Å²) in [6.07, 6.45) is -3.76. The van der Waals surface area contributed by atoms with Gasteiger partial charge in [-0.1, -0.05) is 24.3 Å². The number of nitrogens with zero attached hydrogens (tertiary/aromatic N) is 2. The number of amides is 2. The second-order valence-corrected chi connectivity index (χ2v) is 10.7. The van der Waals surface area contributed by atoms with Gasteiger partial charge in [0, 0.05) is 39.0 Å². The molecule has 5 rings (SSSR count). The number of carboxylic acids is 1. The van der Waals surface area contributed by atoms with Crippen LogP contribution in [0.1, 0.15) is 30.0 Å². The molecule has 1 N–H and O–H groups in total. The fourth-order valence-electron chi connectivity index (χ4n) is 5.03. The van der Waals surface area contributed by atoms with Crippen LogP contribution in [0.3, 0.4) is 0 Å². The van der Waals surface area contributed by atoms with E-state index in [4.69, 9.17) is 18.9 Å². The Morgan fingerprint density at radius 2 is 1.63 bits per heavy atom. The van der Waals surface area contributed by atoms with Gasteiger partial charge in [-0.2, -0.15) is 13.2 Å². The molecule has 1 fully saturated rings. The number of ether oxygens (including phenoxy) is 4. The van der Waals surface area contributed by atoms with Crippen molar-refractivity contribution in [2.45, 2.75) is 44.1 Å². The van der Waals surface area contributed by atoms with Crippen molar-refractivity contribution in [1.82, 2.24) is 9.80 Å². The molecule has 3 aromatic carbocycles. The van der Waals surface area contributed by atoms with Gasteiger partial charge in [0.25, 0.3) is 0 Å². The van der Waals surface area contributed by atoms with Gasteiger partial charge in [-0.15, -0.1) is 0 Å². The van der Waals surface area contributed by atoms with E-state index in [1.54, 1.807) is 59.3 Å². The molecule has 228 valence electrons. The first-order valence-corrected chi connectivity index (χ1v) is 13.6. The summed E-state index contributed by atoms with van der Waals surface area (Å²) in [5, 5.41) is 9.93. The molecule has 2 heterocycles. The molecule has 43 heavy (non-hydrogen) atoms. The number of rotatable bonds is 11. The Kier molecular flexibility index (Phi) is 8.30. The zero-order valence-corrected chi connectivity index (χ0v) is 23.6. The number of fused-ring (bicyclic) bond motifs is 1. The fourth-order valence-corrected chi connectivity index (χ4v) is 5.03. The average molecular weight is 601 g/mol. The van der Waals surface area contributed by atoms with Gasteiger partial charge in [-0.3, -0.25) is 0 Å². The molecular weight excluding hydrogens is 569 g/mol. The number of carboxylic acid groups (broad SMARTS) is 1. The maximum absolute atomic E-state index is 12.8. The number of hydrogen-bond acceptors (Lipinski definition) is 6. The molecule has 2 aliphatic rings. The highest BCUT2D eigenvalue weighted by Gasteiger charge is 2.37. The number of urea groups is 1. The number of likely N-dealkylation sites (N-methyl/N-ethyl adjacent to an activating group) is 1. The third-order valence-corrected chi connectivity index (χ3v) is 7.53. The first-order valence-electron chi connectivity index (χ1n) is 13.6. The number of carbonyl (C=O) groups is 2. The molecule has 0 aromatic heterocycles. The number of hydrogen-bond donors (Lipinski definition) is 1. The summed E-state index contributed by atoms with van der Waals surface area (Å²) < 4.78 is 60.9. The minimum Gasteiger partial charge on any atom is -0.494 e. The Morgan fingerprint density at radius 1 is 0.977 bits per heavy atom. The highest BCUT2D eigenvalue weighted by molar-refractivity contribution is 5.78. The van der Waals surface area contributed by atoms with E-state index in [0.29, 0.717) is 48.1 Å². The lowest BCUT2D eigenvalue weighted by Gasteiger charge is -2.26. The third-order valence-electron chi connectivity index (χ3n) is 7.53.